The molecule has 120 valence electrons. The van der Waals surface area contributed by atoms with Crippen molar-refractivity contribution in [2.75, 3.05) is 13.2 Å². The van der Waals surface area contributed by atoms with Crippen LogP contribution in [0.2, 0.25) is 0 Å². The van der Waals surface area contributed by atoms with Gasteiger partial charge in [0, 0.05) is 6.20 Å². The second-order valence-electron chi connectivity index (χ2n) is 4.93. The minimum absolute atomic E-state index is 0.276. The first-order chi connectivity index (χ1) is 10.5. The standard InChI is InChI=1S/C16H22NO4P/c1-4-20-22(19,21-5-2)16-13(3)17(18)12-15(16)11-14-9-7-6-8-10-14/h6-10,12,18H,4-5,11H2,1-3H3. The van der Waals surface area contributed by atoms with Crippen LogP contribution >= 0.6 is 7.60 Å². The summed E-state index contributed by atoms with van der Waals surface area (Å²) in [6.07, 6.45) is 2.12. The Morgan fingerprint density at radius 2 is 1.73 bits per heavy atom. The second-order valence-corrected chi connectivity index (χ2v) is 6.89. The van der Waals surface area contributed by atoms with Crippen molar-refractivity contribution in [1.82, 2.24) is 4.73 Å². The average Bonchev–Trinajstić information content (AvgIpc) is 2.76. The molecule has 2 rings (SSSR count). The van der Waals surface area contributed by atoms with Crippen LogP contribution in [0.1, 0.15) is 30.7 Å². The third-order valence-corrected chi connectivity index (χ3v) is 5.73. The summed E-state index contributed by atoms with van der Waals surface area (Å²) >= 11 is 0. The highest BCUT2D eigenvalue weighted by Gasteiger charge is 2.34. The Labute approximate surface area is 131 Å². The molecule has 2 aromatic rings. The van der Waals surface area contributed by atoms with E-state index in [0.29, 0.717) is 17.4 Å². The van der Waals surface area contributed by atoms with Gasteiger partial charge in [-0.1, -0.05) is 30.3 Å². The van der Waals surface area contributed by atoms with Gasteiger partial charge in [-0.2, -0.15) is 4.73 Å². The van der Waals surface area contributed by atoms with Crippen molar-refractivity contribution in [1.29, 1.82) is 0 Å². The van der Waals surface area contributed by atoms with E-state index in [1.807, 2.05) is 30.3 Å². The lowest BCUT2D eigenvalue weighted by Gasteiger charge is -2.18. The molecule has 5 nitrogen and oxygen atoms in total. The van der Waals surface area contributed by atoms with E-state index in [1.54, 1.807) is 27.0 Å². The van der Waals surface area contributed by atoms with Crippen molar-refractivity contribution >= 4 is 12.9 Å². The van der Waals surface area contributed by atoms with E-state index in [4.69, 9.17) is 9.05 Å². The van der Waals surface area contributed by atoms with Crippen molar-refractivity contribution < 1.29 is 18.8 Å². The molecular formula is C16H22NO4P. The van der Waals surface area contributed by atoms with Gasteiger partial charge in [-0.3, -0.25) is 4.57 Å². The highest BCUT2D eigenvalue weighted by atomic mass is 31.2. The van der Waals surface area contributed by atoms with Gasteiger partial charge in [-0.15, -0.1) is 0 Å². The predicted molar refractivity (Wildman–Crippen MR) is 86.1 cm³/mol. The minimum Gasteiger partial charge on any atom is -0.429 e. The molecule has 0 aliphatic carbocycles. The van der Waals surface area contributed by atoms with Gasteiger partial charge in [-0.05, 0) is 38.3 Å². The topological polar surface area (TPSA) is 60.7 Å². The molecule has 0 radical (unpaired) electrons. The van der Waals surface area contributed by atoms with Crippen LogP contribution in [0.4, 0.5) is 0 Å². The molecule has 1 aromatic heterocycles. The van der Waals surface area contributed by atoms with Crippen LogP contribution in [0, 0.1) is 6.92 Å². The normalized spacial score (nSPS) is 11.8. The summed E-state index contributed by atoms with van der Waals surface area (Å²) in [6.45, 7) is 5.80. The van der Waals surface area contributed by atoms with Crippen molar-refractivity contribution in [2.24, 2.45) is 0 Å². The molecule has 0 aliphatic rings. The van der Waals surface area contributed by atoms with Crippen molar-refractivity contribution in [3.05, 3.63) is 53.3 Å². The van der Waals surface area contributed by atoms with Crippen LogP contribution in [0.3, 0.4) is 0 Å². The van der Waals surface area contributed by atoms with Crippen LogP contribution in [0.5, 0.6) is 0 Å². The first-order valence-electron chi connectivity index (χ1n) is 7.35. The smallest absolute Gasteiger partial charge is 0.363 e. The lowest BCUT2D eigenvalue weighted by molar-refractivity contribution is 0.180. The molecular weight excluding hydrogens is 301 g/mol. The molecule has 0 unspecified atom stereocenters. The van der Waals surface area contributed by atoms with Crippen LogP contribution in [-0.4, -0.2) is 23.2 Å². The van der Waals surface area contributed by atoms with E-state index in [1.165, 1.54) is 0 Å². The fourth-order valence-electron chi connectivity index (χ4n) is 2.47. The molecule has 0 saturated heterocycles. The molecule has 0 atom stereocenters. The highest BCUT2D eigenvalue weighted by molar-refractivity contribution is 7.62. The largest absolute Gasteiger partial charge is 0.429 e. The number of nitrogens with zero attached hydrogens (tertiary/aromatic N) is 1. The van der Waals surface area contributed by atoms with Crippen LogP contribution in [0.15, 0.2) is 36.5 Å². The van der Waals surface area contributed by atoms with Gasteiger partial charge in [0.05, 0.1) is 24.2 Å². The second kappa shape index (κ2) is 7.14. The van der Waals surface area contributed by atoms with Crippen LogP contribution in [0.25, 0.3) is 0 Å². The number of aromatic nitrogens is 1. The quantitative estimate of drug-likeness (QED) is 0.625. The van der Waals surface area contributed by atoms with Gasteiger partial charge in [0.25, 0.3) is 0 Å². The first kappa shape index (κ1) is 16.8. The number of hydrogen-bond donors (Lipinski definition) is 1. The fourth-order valence-corrected chi connectivity index (χ4v) is 4.47. The molecule has 22 heavy (non-hydrogen) atoms. The van der Waals surface area contributed by atoms with E-state index in [-0.39, 0.29) is 13.2 Å². The molecule has 0 bridgehead atoms. The average molecular weight is 323 g/mol. The maximum Gasteiger partial charge on any atom is 0.363 e. The van der Waals surface area contributed by atoms with Crippen LogP contribution < -0.4 is 5.30 Å². The molecule has 0 amide bonds. The number of rotatable bonds is 7. The van der Waals surface area contributed by atoms with Gasteiger partial charge >= 0.3 is 7.60 Å². The minimum atomic E-state index is -3.44. The lowest BCUT2D eigenvalue weighted by Crippen LogP contribution is -2.17. The van der Waals surface area contributed by atoms with E-state index < -0.39 is 7.60 Å². The summed E-state index contributed by atoms with van der Waals surface area (Å²) in [5.74, 6) is 0. The Bertz CT molecular complexity index is 656. The summed E-state index contributed by atoms with van der Waals surface area (Å²) in [4.78, 5) is 0. The Kier molecular flexibility index (Phi) is 5.46. The Hall–Kier alpha value is -1.55. The lowest BCUT2D eigenvalue weighted by atomic mass is 10.1. The maximum atomic E-state index is 13.1. The Morgan fingerprint density at radius 1 is 1.14 bits per heavy atom. The highest BCUT2D eigenvalue weighted by Crippen LogP contribution is 2.49. The van der Waals surface area contributed by atoms with E-state index in [0.717, 1.165) is 15.9 Å². The monoisotopic (exact) mass is 323 g/mol. The fraction of sp³-hybridized carbons (Fsp3) is 0.375. The van der Waals surface area contributed by atoms with E-state index >= 15 is 0 Å². The summed E-state index contributed by atoms with van der Waals surface area (Å²) in [5.41, 5.74) is 2.29. The Morgan fingerprint density at radius 3 is 2.27 bits per heavy atom. The van der Waals surface area contributed by atoms with Gasteiger partial charge < -0.3 is 14.3 Å². The molecule has 0 spiro atoms. The molecule has 0 saturated carbocycles. The van der Waals surface area contributed by atoms with E-state index in [9.17, 15) is 9.77 Å². The Balaban J connectivity index is 2.48. The van der Waals surface area contributed by atoms with Crippen LogP contribution in [-0.2, 0) is 20.0 Å². The molecule has 6 heteroatoms. The zero-order chi connectivity index (χ0) is 16.2. The summed E-state index contributed by atoms with van der Waals surface area (Å²) in [6, 6.07) is 9.81. The van der Waals surface area contributed by atoms with Gasteiger partial charge in [-0.25, -0.2) is 0 Å². The third kappa shape index (κ3) is 3.43. The van der Waals surface area contributed by atoms with Gasteiger partial charge in [0.2, 0.25) is 0 Å². The van der Waals surface area contributed by atoms with E-state index in [2.05, 4.69) is 0 Å². The first-order valence-corrected chi connectivity index (χ1v) is 8.89. The zero-order valence-corrected chi connectivity index (χ0v) is 14.0. The molecule has 1 heterocycles. The zero-order valence-electron chi connectivity index (χ0n) is 13.2. The van der Waals surface area contributed by atoms with Crippen molar-refractivity contribution in [2.45, 2.75) is 27.2 Å². The summed E-state index contributed by atoms with van der Waals surface area (Å²) in [5, 5.41) is 10.4. The van der Waals surface area contributed by atoms with Crippen molar-refractivity contribution in [3.8, 4) is 0 Å². The summed E-state index contributed by atoms with van der Waals surface area (Å²) < 4.78 is 25.0. The van der Waals surface area contributed by atoms with Gasteiger partial charge in [0.1, 0.15) is 0 Å². The third-order valence-electron chi connectivity index (χ3n) is 3.38. The molecule has 1 N–H and O–H groups in total. The predicted octanol–water partition coefficient (Wildman–Crippen LogP) is 3.52. The molecule has 1 aromatic carbocycles. The number of benzene rings is 1. The maximum absolute atomic E-state index is 13.1. The number of hydrogen-bond acceptors (Lipinski definition) is 4. The summed E-state index contributed by atoms with van der Waals surface area (Å²) in [7, 11) is -3.44. The SMILES string of the molecule is CCOP(=O)(OCC)c1c(Cc2ccccc2)cn(O)c1C. The van der Waals surface area contributed by atoms with Gasteiger partial charge in [0.15, 0.2) is 0 Å². The molecule has 0 aliphatic heterocycles. The van der Waals surface area contributed by atoms with Crippen molar-refractivity contribution in [3.63, 3.8) is 0 Å². The molecule has 0 fully saturated rings.